The normalized spacial score (nSPS) is 30.1. The minimum absolute atomic E-state index is 0.177. The summed E-state index contributed by atoms with van der Waals surface area (Å²) in [6.45, 7) is 4.47. The highest BCUT2D eigenvalue weighted by Gasteiger charge is 2.30. The smallest absolute Gasteiger partial charge is 0.123 e. The van der Waals surface area contributed by atoms with Crippen LogP contribution in [0.4, 0.5) is 4.39 Å². The number of halogens is 1. The van der Waals surface area contributed by atoms with Gasteiger partial charge in [0.1, 0.15) is 5.82 Å². The van der Waals surface area contributed by atoms with Gasteiger partial charge in [0, 0.05) is 0 Å². The number of ether oxygens (including phenoxy) is 1. The fraction of sp³-hybridized carbons (Fsp3) is 0.652. The number of allylic oxidation sites excluding steroid dienone is 1. The third-order valence-electron chi connectivity index (χ3n) is 6.45. The maximum absolute atomic E-state index is 12.9. The van der Waals surface area contributed by atoms with Crippen LogP contribution in [0, 0.1) is 23.6 Å². The van der Waals surface area contributed by atoms with Gasteiger partial charge in [0.15, 0.2) is 0 Å². The van der Waals surface area contributed by atoms with Crippen LogP contribution in [0.5, 0.6) is 0 Å². The summed E-state index contributed by atoms with van der Waals surface area (Å²) in [5, 5.41) is 0. The second-order valence-electron chi connectivity index (χ2n) is 8.12. The Bertz CT molecular complexity index is 507. The van der Waals surface area contributed by atoms with Gasteiger partial charge in [0.05, 0.1) is 12.7 Å². The van der Waals surface area contributed by atoms with Crippen molar-refractivity contribution < 1.29 is 9.13 Å². The van der Waals surface area contributed by atoms with Crippen molar-refractivity contribution in [1.82, 2.24) is 0 Å². The lowest BCUT2D eigenvalue weighted by Gasteiger charge is -2.37. The molecule has 25 heavy (non-hydrogen) atoms. The molecule has 0 N–H and O–H groups in total. The molecule has 3 rings (SSSR count). The van der Waals surface area contributed by atoms with Gasteiger partial charge < -0.3 is 4.74 Å². The predicted octanol–water partition coefficient (Wildman–Crippen LogP) is 6.67. The quantitative estimate of drug-likeness (QED) is 0.502. The molecular formula is C23H33FO. The fourth-order valence-corrected chi connectivity index (χ4v) is 4.82. The summed E-state index contributed by atoms with van der Waals surface area (Å²) >= 11 is 0. The second-order valence-corrected chi connectivity index (χ2v) is 8.12. The Kier molecular flexibility index (Phi) is 7.10. The zero-order valence-corrected chi connectivity index (χ0v) is 15.5. The van der Waals surface area contributed by atoms with E-state index in [9.17, 15) is 4.39 Å². The Labute approximate surface area is 152 Å². The van der Waals surface area contributed by atoms with E-state index in [1.54, 1.807) is 0 Å². The van der Waals surface area contributed by atoms with Gasteiger partial charge in [-0.05, 0) is 86.8 Å². The number of hydrogen-bond acceptors (Lipinski definition) is 1. The molecule has 0 heterocycles. The molecule has 0 amide bonds. The van der Waals surface area contributed by atoms with E-state index in [0.29, 0.717) is 12.7 Å². The minimum Gasteiger partial charge on any atom is -0.374 e. The number of benzene rings is 1. The molecule has 1 aromatic rings. The molecule has 2 heteroatoms. The Hall–Kier alpha value is -1.15. The van der Waals surface area contributed by atoms with E-state index < -0.39 is 0 Å². The third kappa shape index (κ3) is 5.67. The van der Waals surface area contributed by atoms with Gasteiger partial charge in [0.2, 0.25) is 0 Å². The van der Waals surface area contributed by atoms with E-state index in [0.717, 1.165) is 23.3 Å². The largest absolute Gasteiger partial charge is 0.374 e. The van der Waals surface area contributed by atoms with Gasteiger partial charge in [-0.15, -0.1) is 6.58 Å². The summed E-state index contributed by atoms with van der Waals surface area (Å²) < 4.78 is 19.0. The van der Waals surface area contributed by atoms with Gasteiger partial charge in [0.25, 0.3) is 0 Å². The molecule has 0 aliphatic heterocycles. The Morgan fingerprint density at radius 2 is 1.52 bits per heavy atom. The summed E-state index contributed by atoms with van der Waals surface area (Å²) in [7, 11) is 0. The molecule has 0 bridgehead atoms. The van der Waals surface area contributed by atoms with Crippen LogP contribution < -0.4 is 0 Å². The van der Waals surface area contributed by atoms with Crippen LogP contribution in [0.25, 0.3) is 0 Å². The van der Waals surface area contributed by atoms with Gasteiger partial charge >= 0.3 is 0 Å². The predicted molar refractivity (Wildman–Crippen MR) is 102 cm³/mol. The monoisotopic (exact) mass is 344 g/mol. The lowest BCUT2D eigenvalue weighted by atomic mass is 9.70. The van der Waals surface area contributed by atoms with Gasteiger partial charge in [-0.1, -0.05) is 31.1 Å². The van der Waals surface area contributed by atoms with E-state index >= 15 is 0 Å². The van der Waals surface area contributed by atoms with Gasteiger partial charge in [-0.3, -0.25) is 0 Å². The van der Waals surface area contributed by atoms with Crippen molar-refractivity contribution in [2.24, 2.45) is 17.8 Å². The van der Waals surface area contributed by atoms with E-state index in [1.165, 1.54) is 76.3 Å². The zero-order valence-electron chi connectivity index (χ0n) is 15.5. The summed E-state index contributed by atoms with van der Waals surface area (Å²) in [4.78, 5) is 0. The van der Waals surface area contributed by atoms with Crippen LogP contribution in [-0.2, 0) is 11.3 Å². The van der Waals surface area contributed by atoms with Crippen molar-refractivity contribution in [1.29, 1.82) is 0 Å². The number of rotatable bonds is 7. The van der Waals surface area contributed by atoms with E-state index in [2.05, 4.69) is 12.7 Å². The highest BCUT2D eigenvalue weighted by Crippen LogP contribution is 2.41. The van der Waals surface area contributed by atoms with Crippen LogP contribution in [-0.4, -0.2) is 6.10 Å². The lowest BCUT2D eigenvalue weighted by molar-refractivity contribution is -0.00283. The highest BCUT2D eigenvalue weighted by atomic mass is 19.1. The lowest BCUT2D eigenvalue weighted by Crippen LogP contribution is -2.28. The minimum atomic E-state index is -0.177. The van der Waals surface area contributed by atoms with Crippen molar-refractivity contribution in [3.05, 3.63) is 48.3 Å². The Morgan fingerprint density at radius 3 is 2.12 bits per heavy atom. The van der Waals surface area contributed by atoms with Crippen molar-refractivity contribution in [3.63, 3.8) is 0 Å². The maximum Gasteiger partial charge on any atom is 0.123 e. The molecule has 0 atom stereocenters. The summed E-state index contributed by atoms with van der Waals surface area (Å²) in [6, 6.07) is 6.68. The molecule has 0 saturated heterocycles. The van der Waals surface area contributed by atoms with Crippen LogP contribution in [0.3, 0.4) is 0 Å². The molecule has 0 aromatic heterocycles. The molecule has 1 nitrogen and oxygen atoms in total. The van der Waals surface area contributed by atoms with Crippen molar-refractivity contribution in [2.45, 2.75) is 76.9 Å². The summed E-state index contributed by atoms with van der Waals surface area (Å²) in [6.07, 6.45) is 15.8. The molecular weight excluding hydrogens is 311 g/mol. The fourth-order valence-electron chi connectivity index (χ4n) is 4.82. The van der Waals surface area contributed by atoms with Crippen molar-refractivity contribution in [3.8, 4) is 0 Å². The van der Waals surface area contributed by atoms with E-state index in [1.807, 2.05) is 12.1 Å². The Balaban J connectivity index is 1.34. The summed E-state index contributed by atoms with van der Waals surface area (Å²) in [5.41, 5.74) is 1.07. The topological polar surface area (TPSA) is 9.23 Å². The SMILES string of the molecule is C=CCCC1CCC(C2CCC(OCc3ccc(F)cc3)CC2)CC1. The van der Waals surface area contributed by atoms with E-state index in [-0.39, 0.29) is 5.82 Å². The third-order valence-corrected chi connectivity index (χ3v) is 6.45. The van der Waals surface area contributed by atoms with Crippen molar-refractivity contribution >= 4 is 0 Å². The zero-order chi connectivity index (χ0) is 17.5. The molecule has 2 fully saturated rings. The maximum atomic E-state index is 12.9. The molecule has 138 valence electrons. The molecule has 1 aromatic carbocycles. The van der Waals surface area contributed by atoms with Crippen molar-refractivity contribution in [2.75, 3.05) is 0 Å². The Morgan fingerprint density at radius 1 is 0.920 bits per heavy atom. The second kappa shape index (κ2) is 9.52. The van der Waals surface area contributed by atoms with Gasteiger partial charge in [-0.25, -0.2) is 4.39 Å². The van der Waals surface area contributed by atoms with Crippen LogP contribution >= 0.6 is 0 Å². The van der Waals surface area contributed by atoms with E-state index in [4.69, 9.17) is 4.74 Å². The van der Waals surface area contributed by atoms with Crippen LogP contribution in [0.1, 0.15) is 69.8 Å². The summed E-state index contributed by atoms with van der Waals surface area (Å²) in [5.74, 6) is 2.65. The first-order valence-corrected chi connectivity index (χ1v) is 10.2. The first kappa shape index (κ1) is 18.6. The van der Waals surface area contributed by atoms with Gasteiger partial charge in [-0.2, -0.15) is 0 Å². The standard InChI is InChI=1S/C23H33FO/c1-2-3-4-18-5-9-20(10-6-18)21-11-15-23(16-12-21)25-17-19-7-13-22(24)14-8-19/h2,7-8,13-14,18,20-21,23H,1,3-6,9-12,15-17H2. The van der Waals surface area contributed by atoms with Crippen LogP contribution in [0.2, 0.25) is 0 Å². The first-order chi connectivity index (χ1) is 12.2. The highest BCUT2D eigenvalue weighted by molar-refractivity contribution is 5.15. The molecule has 0 radical (unpaired) electrons. The molecule has 0 unspecified atom stereocenters. The molecule has 0 spiro atoms. The average Bonchev–Trinajstić information content (AvgIpc) is 2.67. The molecule has 2 aliphatic rings. The average molecular weight is 345 g/mol. The molecule has 2 saturated carbocycles. The first-order valence-electron chi connectivity index (χ1n) is 10.2. The number of hydrogen-bond donors (Lipinski definition) is 0. The van der Waals surface area contributed by atoms with Crippen LogP contribution in [0.15, 0.2) is 36.9 Å². The molecule has 2 aliphatic carbocycles.